The van der Waals surface area contributed by atoms with Gasteiger partial charge < -0.3 is 9.64 Å². The number of hydrogen-bond acceptors (Lipinski definition) is 3. The van der Waals surface area contributed by atoms with E-state index in [1.54, 1.807) is 4.90 Å². The molecule has 1 aromatic carbocycles. The number of rotatable bonds is 2. The van der Waals surface area contributed by atoms with Crippen LogP contribution in [0.3, 0.4) is 0 Å². The highest BCUT2D eigenvalue weighted by Crippen LogP contribution is 2.23. The van der Waals surface area contributed by atoms with Gasteiger partial charge in [0.05, 0.1) is 12.0 Å². The van der Waals surface area contributed by atoms with Crippen molar-refractivity contribution >= 4 is 22.0 Å². The fraction of sp³-hybridized carbons (Fsp3) is 0.385. The maximum atomic E-state index is 11.8. The van der Waals surface area contributed by atoms with E-state index in [0.29, 0.717) is 13.1 Å². The van der Waals surface area contributed by atoms with Crippen molar-refractivity contribution < 1.29 is 9.53 Å². The number of hydrogen-bond donors (Lipinski definition) is 0. The molecule has 0 radical (unpaired) electrons. The molecule has 1 fully saturated rings. The summed E-state index contributed by atoms with van der Waals surface area (Å²) in [5, 5.41) is 8.89. The van der Waals surface area contributed by atoms with Crippen LogP contribution in [0.15, 0.2) is 30.3 Å². The summed E-state index contributed by atoms with van der Waals surface area (Å²) in [6.45, 7) is 1.21. The Morgan fingerprint density at radius 2 is 2.17 bits per heavy atom. The quantitative estimate of drug-likeness (QED) is 0.789. The zero-order chi connectivity index (χ0) is 13.0. The second-order valence-corrected chi connectivity index (χ2v) is 5.37. The molecule has 0 aliphatic carbocycles. The highest BCUT2D eigenvalue weighted by Gasteiger charge is 2.34. The Morgan fingerprint density at radius 3 is 2.78 bits per heavy atom. The van der Waals surface area contributed by atoms with Crippen LogP contribution < -0.4 is 0 Å². The van der Waals surface area contributed by atoms with E-state index in [2.05, 4.69) is 22.0 Å². The molecule has 1 amide bonds. The lowest BCUT2D eigenvalue weighted by atomic mass is 10.1. The molecule has 2 atom stereocenters. The van der Waals surface area contributed by atoms with E-state index < -0.39 is 0 Å². The van der Waals surface area contributed by atoms with Crippen LogP contribution in [-0.4, -0.2) is 28.9 Å². The maximum Gasteiger partial charge on any atom is 0.410 e. The molecule has 1 heterocycles. The highest BCUT2D eigenvalue weighted by atomic mass is 79.9. The van der Waals surface area contributed by atoms with Crippen molar-refractivity contribution in [3.8, 4) is 6.07 Å². The Bertz CT molecular complexity index is 458. The molecule has 1 aliphatic heterocycles. The van der Waals surface area contributed by atoms with Gasteiger partial charge in [-0.15, -0.1) is 0 Å². The summed E-state index contributed by atoms with van der Waals surface area (Å²) in [6, 6.07) is 11.7. The minimum atomic E-state index is -0.360. The van der Waals surface area contributed by atoms with Gasteiger partial charge in [0.1, 0.15) is 6.61 Å². The topological polar surface area (TPSA) is 53.3 Å². The SMILES string of the molecule is N#CC1CN(C(=O)OCc2ccccc2)CC1Br. The zero-order valence-corrected chi connectivity index (χ0v) is 11.3. The van der Waals surface area contributed by atoms with Crippen molar-refractivity contribution in [1.29, 1.82) is 5.26 Å². The van der Waals surface area contributed by atoms with Gasteiger partial charge in [0.15, 0.2) is 0 Å². The van der Waals surface area contributed by atoms with E-state index in [0.717, 1.165) is 5.56 Å². The maximum absolute atomic E-state index is 11.8. The van der Waals surface area contributed by atoms with Gasteiger partial charge in [0, 0.05) is 17.9 Å². The molecule has 5 heteroatoms. The molecule has 0 bridgehead atoms. The van der Waals surface area contributed by atoms with Crippen molar-refractivity contribution in [2.24, 2.45) is 5.92 Å². The second kappa shape index (κ2) is 5.87. The van der Waals surface area contributed by atoms with Crippen LogP contribution in [0.1, 0.15) is 5.56 Å². The van der Waals surface area contributed by atoms with Crippen LogP contribution in [0.5, 0.6) is 0 Å². The van der Waals surface area contributed by atoms with Crippen LogP contribution >= 0.6 is 15.9 Å². The minimum absolute atomic E-state index is 0.0341. The normalized spacial score (nSPS) is 22.6. The third-order valence-corrected chi connectivity index (χ3v) is 3.81. The average Bonchev–Trinajstić information content (AvgIpc) is 2.78. The molecular formula is C13H13BrN2O2. The van der Waals surface area contributed by atoms with Crippen molar-refractivity contribution in [2.75, 3.05) is 13.1 Å². The zero-order valence-electron chi connectivity index (χ0n) is 9.75. The van der Waals surface area contributed by atoms with Gasteiger partial charge in [0.2, 0.25) is 0 Å². The third kappa shape index (κ3) is 3.02. The molecule has 18 heavy (non-hydrogen) atoms. The molecule has 0 spiro atoms. The summed E-state index contributed by atoms with van der Waals surface area (Å²) in [5.41, 5.74) is 0.956. The third-order valence-electron chi connectivity index (χ3n) is 2.88. The highest BCUT2D eigenvalue weighted by molar-refractivity contribution is 9.09. The second-order valence-electron chi connectivity index (χ2n) is 4.20. The predicted octanol–water partition coefficient (Wildman–Crippen LogP) is 2.54. The Hall–Kier alpha value is -1.54. The Morgan fingerprint density at radius 1 is 1.44 bits per heavy atom. The Kier molecular flexibility index (Phi) is 4.21. The number of carbonyl (C=O) groups excluding carboxylic acids is 1. The van der Waals surface area contributed by atoms with Crippen LogP contribution in [0.2, 0.25) is 0 Å². The average molecular weight is 309 g/mol. The first kappa shape index (κ1) is 12.9. The van der Waals surface area contributed by atoms with E-state index in [9.17, 15) is 4.79 Å². The number of carbonyl (C=O) groups is 1. The van der Waals surface area contributed by atoms with Crippen molar-refractivity contribution in [1.82, 2.24) is 4.90 Å². The first-order valence-corrected chi connectivity index (χ1v) is 6.61. The largest absolute Gasteiger partial charge is 0.445 e. The number of nitrogens with zero attached hydrogens (tertiary/aromatic N) is 2. The molecule has 1 aliphatic rings. The number of nitriles is 1. The summed E-state index contributed by atoms with van der Waals surface area (Å²) < 4.78 is 5.21. The molecule has 94 valence electrons. The van der Waals surface area contributed by atoms with Crippen molar-refractivity contribution in [2.45, 2.75) is 11.4 Å². The summed E-state index contributed by atoms with van der Waals surface area (Å²) >= 11 is 3.40. The molecule has 2 unspecified atom stereocenters. The minimum Gasteiger partial charge on any atom is -0.445 e. The lowest BCUT2D eigenvalue weighted by Crippen LogP contribution is -2.29. The number of halogens is 1. The molecule has 1 aromatic rings. The van der Waals surface area contributed by atoms with E-state index in [1.807, 2.05) is 30.3 Å². The van der Waals surface area contributed by atoms with Crippen molar-refractivity contribution in [3.63, 3.8) is 0 Å². The molecule has 0 saturated carbocycles. The standard InChI is InChI=1S/C13H13BrN2O2/c14-12-8-16(7-11(12)6-15)13(17)18-9-10-4-2-1-3-5-10/h1-5,11-12H,7-9H2. The molecule has 0 aromatic heterocycles. The summed E-state index contributed by atoms with van der Waals surface area (Å²) in [4.78, 5) is 13.4. The lowest BCUT2D eigenvalue weighted by Gasteiger charge is -2.15. The van der Waals surface area contributed by atoms with Crippen molar-refractivity contribution in [3.05, 3.63) is 35.9 Å². The fourth-order valence-corrected chi connectivity index (χ4v) is 2.48. The van der Waals surface area contributed by atoms with Gasteiger partial charge in [-0.2, -0.15) is 5.26 Å². The van der Waals surface area contributed by atoms with Gasteiger partial charge in [-0.3, -0.25) is 0 Å². The molecular weight excluding hydrogens is 296 g/mol. The van der Waals surface area contributed by atoms with Gasteiger partial charge in [-0.1, -0.05) is 46.3 Å². The molecule has 0 N–H and O–H groups in total. The Balaban J connectivity index is 1.85. The summed E-state index contributed by atoms with van der Waals surface area (Å²) in [6.07, 6.45) is -0.360. The monoisotopic (exact) mass is 308 g/mol. The van der Waals surface area contributed by atoms with E-state index in [4.69, 9.17) is 10.00 Å². The number of amides is 1. The number of likely N-dealkylation sites (tertiary alicyclic amines) is 1. The van der Waals surface area contributed by atoms with Crippen LogP contribution in [0, 0.1) is 17.2 Å². The van der Waals surface area contributed by atoms with Gasteiger partial charge >= 0.3 is 6.09 Å². The van der Waals surface area contributed by atoms with Crippen LogP contribution in [-0.2, 0) is 11.3 Å². The number of benzene rings is 1. The fourth-order valence-electron chi connectivity index (χ4n) is 1.85. The number of alkyl halides is 1. The Labute approximate surface area is 114 Å². The van der Waals surface area contributed by atoms with Gasteiger partial charge in [-0.05, 0) is 5.56 Å². The summed E-state index contributed by atoms with van der Waals surface area (Å²) in [7, 11) is 0. The van der Waals surface area contributed by atoms with Gasteiger partial charge in [0.25, 0.3) is 0 Å². The van der Waals surface area contributed by atoms with Crippen LogP contribution in [0.4, 0.5) is 4.79 Å². The first-order valence-electron chi connectivity index (χ1n) is 5.70. The molecule has 1 saturated heterocycles. The smallest absolute Gasteiger partial charge is 0.410 e. The molecule has 4 nitrogen and oxygen atoms in total. The van der Waals surface area contributed by atoms with E-state index in [1.165, 1.54) is 0 Å². The van der Waals surface area contributed by atoms with E-state index in [-0.39, 0.29) is 23.4 Å². The van der Waals surface area contributed by atoms with E-state index >= 15 is 0 Å². The van der Waals surface area contributed by atoms with Gasteiger partial charge in [-0.25, -0.2) is 4.79 Å². The number of ether oxygens (including phenoxy) is 1. The van der Waals surface area contributed by atoms with Crippen LogP contribution in [0.25, 0.3) is 0 Å². The first-order chi connectivity index (χ1) is 8.70. The lowest BCUT2D eigenvalue weighted by molar-refractivity contribution is 0.104. The molecule has 2 rings (SSSR count). The predicted molar refractivity (Wildman–Crippen MR) is 70.0 cm³/mol. The summed E-state index contributed by atoms with van der Waals surface area (Å²) in [5.74, 6) is -0.158.